The van der Waals surface area contributed by atoms with Gasteiger partial charge in [0.15, 0.2) is 0 Å². The van der Waals surface area contributed by atoms with Crippen molar-refractivity contribution in [3.63, 3.8) is 0 Å². The smallest absolute Gasteiger partial charge is 0.143 e. The Morgan fingerprint density at radius 3 is 1.57 bits per heavy atom. The minimum absolute atomic E-state index is 0.920. The van der Waals surface area contributed by atoms with E-state index >= 15 is 0 Å². The van der Waals surface area contributed by atoms with E-state index in [0.717, 1.165) is 27.5 Å². The van der Waals surface area contributed by atoms with Crippen molar-refractivity contribution in [1.29, 1.82) is 0 Å². The van der Waals surface area contributed by atoms with Crippen LogP contribution in [0.3, 0.4) is 0 Å². The standard InChI is InChI=1S/C38H24OS.C2H6/c1-3-7-25(8-4-1)11-13-27-15-17-29-31-19-22-34-32(37(31)39-35(29)23-27)20-21-33-30-18-16-28(24-36(30)40-38(33)34)14-12-26-9-5-2-6-10-26;1-2/h1-24H;1-2H3/b13-11+,14-12+;. The molecular formula is C40H30OS. The van der Waals surface area contributed by atoms with E-state index in [1.165, 1.54) is 47.6 Å². The van der Waals surface area contributed by atoms with Crippen molar-refractivity contribution in [3.05, 3.63) is 144 Å². The van der Waals surface area contributed by atoms with Crippen molar-refractivity contribution < 1.29 is 4.42 Å². The molecule has 0 radical (unpaired) electrons. The largest absolute Gasteiger partial charge is 0.455 e. The highest BCUT2D eigenvalue weighted by atomic mass is 32.1. The van der Waals surface area contributed by atoms with Crippen molar-refractivity contribution in [2.75, 3.05) is 0 Å². The van der Waals surface area contributed by atoms with Crippen LogP contribution < -0.4 is 0 Å². The summed E-state index contributed by atoms with van der Waals surface area (Å²) in [6.07, 6.45) is 8.65. The number of thiophene rings is 1. The number of fused-ring (bicyclic) bond motifs is 9. The average Bonchev–Trinajstić information content (AvgIpc) is 3.62. The van der Waals surface area contributed by atoms with E-state index in [0.29, 0.717) is 0 Å². The molecule has 0 aliphatic rings. The van der Waals surface area contributed by atoms with Gasteiger partial charge in [-0.05, 0) is 52.6 Å². The Morgan fingerprint density at radius 2 is 0.929 bits per heavy atom. The van der Waals surface area contributed by atoms with E-state index in [4.69, 9.17) is 4.42 Å². The van der Waals surface area contributed by atoms with Crippen molar-refractivity contribution in [2.45, 2.75) is 13.8 Å². The minimum atomic E-state index is 0.920. The lowest BCUT2D eigenvalue weighted by Crippen LogP contribution is -1.76. The molecule has 0 unspecified atom stereocenters. The Bertz CT molecular complexity index is 2080. The topological polar surface area (TPSA) is 13.1 Å². The van der Waals surface area contributed by atoms with Crippen molar-refractivity contribution in [3.8, 4) is 0 Å². The first-order valence-corrected chi connectivity index (χ1v) is 15.3. The summed E-state index contributed by atoms with van der Waals surface area (Å²) in [4.78, 5) is 0. The highest BCUT2D eigenvalue weighted by Gasteiger charge is 2.14. The van der Waals surface area contributed by atoms with Crippen LogP contribution in [-0.4, -0.2) is 0 Å². The maximum atomic E-state index is 6.54. The van der Waals surface area contributed by atoms with Gasteiger partial charge in [0, 0.05) is 41.7 Å². The molecule has 6 aromatic carbocycles. The number of hydrogen-bond donors (Lipinski definition) is 0. The third kappa shape index (κ3) is 4.70. The summed E-state index contributed by atoms with van der Waals surface area (Å²) in [6, 6.07) is 43.1. The average molecular weight is 559 g/mol. The molecular weight excluding hydrogens is 529 g/mol. The summed E-state index contributed by atoms with van der Waals surface area (Å²) >= 11 is 1.86. The zero-order valence-electron chi connectivity index (χ0n) is 23.7. The molecule has 2 heterocycles. The highest BCUT2D eigenvalue weighted by molar-refractivity contribution is 7.26. The molecule has 0 saturated heterocycles. The first-order valence-electron chi connectivity index (χ1n) is 14.5. The molecule has 0 amide bonds. The molecule has 0 N–H and O–H groups in total. The highest BCUT2D eigenvalue weighted by Crippen LogP contribution is 2.42. The fraction of sp³-hybridized carbons (Fsp3) is 0.0500. The zero-order valence-corrected chi connectivity index (χ0v) is 24.5. The SMILES string of the molecule is C(=C\c1ccc2c(c1)oc1c2ccc2c1ccc1c3ccc(/C=C/c4ccccc4)cc3sc12)/c1ccccc1.CC. The lowest BCUT2D eigenvalue weighted by molar-refractivity contribution is 0.672. The van der Waals surface area contributed by atoms with Crippen LogP contribution in [0.5, 0.6) is 0 Å². The predicted octanol–water partition coefficient (Wildman–Crippen LogP) is 12.5. The lowest BCUT2D eigenvalue weighted by atomic mass is 10.0. The molecule has 2 heteroatoms. The van der Waals surface area contributed by atoms with Gasteiger partial charge >= 0.3 is 0 Å². The van der Waals surface area contributed by atoms with Crippen molar-refractivity contribution in [1.82, 2.24) is 0 Å². The Hall–Kier alpha value is -4.92. The van der Waals surface area contributed by atoms with Gasteiger partial charge in [-0.15, -0.1) is 11.3 Å². The quantitative estimate of drug-likeness (QED) is 0.196. The molecule has 0 aliphatic carbocycles. The summed E-state index contributed by atoms with van der Waals surface area (Å²) in [6.45, 7) is 4.00. The van der Waals surface area contributed by atoms with Gasteiger partial charge in [0.1, 0.15) is 11.2 Å². The van der Waals surface area contributed by atoms with Gasteiger partial charge in [-0.1, -0.05) is 129 Å². The molecule has 0 aliphatic heterocycles. The second kappa shape index (κ2) is 11.2. The van der Waals surface area contributed by atoms with E-state index in [1.54, 1.807) is 0 Å². The van der Waals surface area contributed by atoms with Crippen LogP contribution in [0.15, 0.2) is 126 Å². The van der Waals surface area contributed by atoms with Crippen LogP contribution in [-0.2, 0) is 0 Å². The third-order valence-electron chi connectivity index (χ3n) is 7.65. The molecule has 0 saturated carbocycles. The molecule has 0 bridgehead atoms. The summed E-state index contributed by atoms with van der Waals surface area (Å²) in [5.74, 6) is 0. The van der Waals surface area contributed by atoms with Crippen LogP contribution in [0.4, 0.5) is 0 Å². The van der Waals surface area contributed by atoms with Crippen LogP contribution in [0, 0.1) is 0 Å². The Morgan fingerprint density at radius 1 is 0.452 bits per heavy atom. The number of benzene rings is 6. The number of hydrogen-bond acceptors (Lipinski definition) is 2. The molecule has 202 valence electrons. The second-order valence-corrected chi connectivity index (χ2v) is 11.2. The zero-order chi connectivity index (χ0) is 28.5. The molecule has 8 aromatic rings. The lowest BCUT2D eigenvalue weighted by Gasteiger charge is -2.01. The van der Waals surface area contributed by atoms with E-state index in [2.05, 4.69) is 133 Å². The maximum Gasteiger partial charge on any atom is 0.143 e. The second-order valence-electron chi connectivity index (χ2n) is 10.2. The fourth-order valence-electron chi connectivity index (χ4n) is 5.63. The Kier molecular flexibility index (Phi) is 6.91. The molecule has 0 fully saturated rings. The van der Waals surface area contributed by atoms with Gasteiger partial charge in [0.25, 0.3) is 0 Å². The van der Waals surface area contributed by atoms with Crippen molar-refractivity contribution >= 4 is 88.5 Å². The molecule has 42 heavy (non-hydrogen) atoms. The number of furan rings is 1. The van der Waals surface area contributed by atoms with Crippen molar-refractivity contribution in [2.24, 2.45) is 0 Å². The Labute approximate surface area is 249 Å². The molecule has 0 atom stereocenters. The molecule has 0 spiro atoms. The summed E-state index contributed by atoms with van der Waals surface area (Å²) in [5.41, 5.74) is 6.61. The molecule has 2 aromatic heterocycles. The summed E-state index contributed by atoms with van der Waals surface area (Å²) in [7, 11) is 0. The van der Waals surface area contributed by atoms with E-state index in [1.807, 2.05) is 37.3 Å². The predicted molar refractivity (Wildman–Crippen MR) is 186 cm³/mol. The third-order valence-corrected chi connectivity index (χ3v) is 8.85. The van der Waals surface area contributed by atoms with Gasteiger partial charge in [0.2, 0.25) is 0 Å². The first-order chi connectivity index (χ1) is 20.8. The van der Waals surface area contributed by atoms with E-state index in [-0.39, 0.29) is 0 Å². The van der Waals surface area contributed by atoms with E-state index in [9.17, 15) is 0 Å². The summed E-state index contributed by atoms with van der Waals surface area (Å²) in [5, 5.41) is 7.33. The Balaban J connectivity index is 0.00000141. The molecule has 8 rings (SSSR count). The normalized spacial score (nSPS) is 11.9. The maximum absolute atomic E-state index is 6.54. The van der Waals surface area contributed by atoms with Gasteiger partial charge < -0.3 is 4.42 Å². The monoisotopic (exact) mass is 558 g/mol. The van der Waals surface area contributed by atoms with Gasteiger partial charge in [-0.25, -0.2) is 0 Å². The minimum Gasteiger partial charge on any atom is -0.455 e. The molecule has 1 nitrogen and oxygen atoms in total. The van der Waals surface area contributed by atoms with Crippen LogP contribution in [0.1, 0.15) is 36.1 Å². The van der Waals surface area contributed by atoms with Gasteiger partial charge in [0.05, 0.1) is 0 Å². The van der Waals surface area contributed by atoms with Crippen LogP contribution in [0.2, 0.25) is 0 Å². The van der Waals surface area contributed by atoms with Crippen LogP contribution >= 0.6 is 11.3 Å². The van der Waals surface area contributed by atoms with Gasteiger partial charge in [-0.3, -0.25) is 0 Å². The number of rotatable bonds is 4. The van der Waals surface area contributed by atoms with E-state index < -0.39 is 0 Å². The fourth-order valence-corrected chi connectivity index (χ4v) is 6.91. The summed E-state index contributed by atoms with van der Waals surface area (Å²) < 4.78 is 9.15. The van der Waals surface area contributed by atoms with Crippen LogP contribution in [0.25, 0.3) is 77.2 Å². The van der Waals surface area contributed by atoms with Gasteiger partial charge in [-0.2, -0.15) is 0 Å². The first kappa shape index (κ1) is 26.0.